The molecule has 60 valence electrons. The predicted molar refractivity (Wildman–Crippen MR) is 50.2 cm³/mol. The van der Waals surface area contributed by atoms with Crippen LogP contribution in [0.25, 0.3) is 0 Å². The van der Waals surface area contributed by atoms with Gasteiger partial charge in [0.2, 0.25) is 4.90 Å². The van der Waals surface area contributed by atoms with Crippen LogP contribution in [0.3, 0.4) is 0 Å². The molecular formula is C8H9ClOS. The molecule has 0 fully saturated rings. The minimum absolute atomic E-state index is 0.294. The summed E-state index contributed by atoms with van der Waals surface area (Å²) in [5.41, 5.74) is 0. The Hall–Kier alpha value is -0.340. The van der Waals surface area contributed by atoms with Crippen molar-refractivity contribution in [1.82, 2.24) is 0 Å². The highest BCUT2D eigenvalue weighted by molar-refractivity contribution is 8.00. The Morgan fingerprint density at radius 2 is 2.00 bits per heavy atom. The fraction of sp³-hybridized carbons (Fsp3) is 0.250. The molecule has 11 heavy (non-hydrogen) atoms. The Morgan fingerprint density at radius 1 is 1.36 bits per heavy atom. The molecule has 1 nitrogen and oxygen atoms in total. The summed E-state index contributed by atoms with van der Waals surface area (Å²) >= 11 is 7.20. The van der Waals surface area contributed by atoms with E-state index < -0.39 is 0 Å². The van der Waals surface area contributed by atoms with Crippen molar-refractivity contribution in [1.29, 1.82) is 0 Å². The molecule has 0 amide bonds. The van der Waals surface area contributed by atoms with E-state index in [2.05, 4.69) is 0 Å². The van der Waals surface area contributed by atoms with Gasteiger partial charge in [0.05, 0.1) is 0 Å². The van der Waals surface area contributed by atoms with E-state index in [0.29, 0.717) is 0 Å². The summed E-state index contributed by atoms with van der Waals surface area (Å²) in [6, 6.07) is 9.53. The minimum Gasteiger partial charge on any atom is -0.465 e. The van der Waals surface area contributed by atoms with Gasteiger partial charge in [-0.3, -0.25) is 0 Å². The van der Waals surface area contributed by atoms with Gasteiger partial charge in [-0.15, -0.1) is 11.8 Å². The molecule has 0 aliphatic carbocycles. The fourth-order valence-electron chi connectivity index (χ4n) is 0.654. The Labute approximate surface area is 75.7 Å². The normalized spacial score (nSPS) is 12.5. The zero-order valence-corrected chi connectivity index (χ0v) is 7.73. The van der Waals surface area contributed by atoms with E-state index in [1.54, 1.807) is 0 Å². The second-order valence-electron chi connectivity index (χ2n) is 1.94. The van der Waals surface area contributed by atoms with Crippen molar-refractivity contribution < 1.29 is 4.74 Å². The van der Waals surface area contributed by atoms with Crippen LogP contribution in [0, 0.1) is 0 Å². The lowest BCUT2D eigenvalue weighted by Crippen LogP contribution is -2.01. The van der Waals surface area contributed by atoms with Gasteiger partial charge < -0.3 is 4.74 Å². The number of halogens is 1. The molecule has 1 rings (SSSR count). The van der Waals surface area contributed by atoms with Crippen molar-refractivity contribution >= 4 is 23.4 Å². The van der Waals surface area contributed by atoms with Gasteiger partial charge in [-0.2, -0.15) is 0 Å². The number of hydrogen-bond acceptors (Lipinski definition) is 2. The van der Waals surface area contributed by atoms with Gasteiger partial charge in [0.1, 0.15) is 5.75 Å². The largest absolute Gasteiger partial charge is 0.465 e. The molecular weight excluding hydrogens is 180 g/mol. The lowest BCUT2D eigenvalue weighted by atomic mass is 10.3. The molecule has 3 heteroatoms. The van der Waals surface area contributed by atoms with E-state index in [0.717, 1.165) is 5.75 Å². The molecule has 0 N–H and O–H groups in total. The Bertz CT molecular complexity index is 203. The molecule has 0 saturated carbocycles. The maximum Gasteiger partial charge on any atom is 0.219 e. The third-order valence-electron chi connectivity index (χ3n) is 1.16. The highest BCUT2D eigenvalue weighted by Crippen LogP contribution is 2.18. The van der Waals surface area contributed by atoms with Crippen LogP contribution >= 0.6 is 23.4 Å². The third kappa shape index (κ3) is 3.04. The van der Waals surface area contributed by atoms with Crippen molar-refractivity contribution in [3.8, 4) is 5.75 Å². The summed E-state index contributed by atoms with van der Waals surface area (Å²) in [5.74, 6) is 0.807. The molecule has 1 aromatic carbocycles. The van der Waals surface area contributed by atoms with Crippen LogP contribution in [-0.2, 0) is 0 Å². The zero-order chi connectivity index (χ0) is 8.10. The van der Waals surface area contributed by atoms with Crippen molar-refractivity contribution in [3.63, 3.8) is 0 Å². The maximum atomic E-state index is 5.74. The predicted octanol–water partition coefficient (Wildman–Crippen LogP) is 2.95. The van der Waals surface area contributed by atoms with E-state index in [-0.39, 0.29) is 4.90 Å². The van der Waals surface area contributed by atoms with Gasteiger partial charge in [-0.05, 0) is 18.4 Å². The summed E-state index contributed by atoms with van der Waals surface area (Å²) in [5, 5.41) is 0. The van der Waals surface area contributed by atoms with Gasteiger partial charge in [0.25, 0.3) is 0 Å². The van der Waals surface area contributed by atoms with Crippen LogP contribution in [0.5, 0.6) is 5.75 Å². The van der Waals surface area contributed by atoms with Gasteiger partial charge in [0.15, 0.2) is 0 Å². The van der Waals surface area contributed by atoms with Gasteiger partial charge in [-0.1, -0.05) is 29.8 Å². The number of para-hydroxylation sites is 1. The van der Waals surface area contributed by atoms with Crippen molar-refractivity contribution in [2.45, 2.75) is 4.90 Å². The molecule has 1 aromatic rings. The number of hydrogen-bond donors (Lipinski definition) is 0. The lowest BCUT2D eigenvalue weighted by molar-refractivity contribution is 0.360. The maximum absolute atomic E-state index is 5.74. The first-order valence-corrected chi connectivity index (χ1v) is 4.94. The average Bonchev–Trinajstić information content (AvgIpc) is 2.06. The van der Waals surface area contributed by atoms with Gasteiger partial charge in [0, 0.05) is 0 Å². The lowest BCUT2D eigenvalue weighted by Gasteiger charge is -2.08. The number of alkyl halides is 1. The van der Waals surface area contributed by atoms with Crippen LogP contribution in [0.2, 0.25) is 0 Å². The molecule has 0 radical (unpaired) electrons. The Balaban J connectivity index is 2.51. The first kappa shape index (κ1) is 8.75. The van der Waals surface area contributed by atoms with Gasteiger partial charge >= 0.3 is 0 Å². The number of ether oxygens (including phenoxy) is 1. The molecule has 0 aliphatic heterocycles. The quantitative estimate of drug-likeness (QED) is 0.533. The number of rotatable bonds is 3. The molecule has 0 aromatic heterocycles. The van der Waals surface area contributed by atoms with Gasteiger partial charge in [-0.25, -0.2) is 0 Å². The first-order chi connectivity index (χ1) is 5.33. The van der Waals surface area contributed by atoms with Crippen LogP contribution in [0.4, 0.5) is 0 Å². The van der Waals surface area contributed by atoms with E-state index in [1.807, 2.05) is 36.6 Å². The number of benzene rings is 1. The molecule has 0 heterocycles. The van der Waals surface area contributed by atoms with Crippen LogP contribution in [-0.4, -0.2) is 11.2 Å². The standard InChI is InChI=1S/C8H9ClOS/c1-11-8(9)10-7-5-3-2-4-6-7/h2-6,8H,1H3. The first-order valence-electron chi connectivity index (χ1n) is 3.21. The average molecular weight is 189 g/mol. The fourth-order valence-corrected chi connectivity index (χ4v) is 0.964. The summed E-state index contributed by atoms with van der Waals surface area (Å²) in [6.45, 7) is 0. The van der Waals surface area contributed by atoms with Crippen LogP contribution < -0.4 is 4.74 Å². The topological polar surface area (TPSA) is 9.23 Å². The van der Waals surface area contributed by atoms with Crippen LogP contribution in [0.1, 0.15) is 0 Å². The molecule has 1 atom stereocenters. The second kappa shape index (κ2) is 4.52. The van der Waals surface area contributed by atoms with Crippen LogP contribution in [0.15, 0.2) is 30.3 Å². The number of thioether (sulfide) groups is 1. The van der Waals surface area contributed by atoms with E-state index in [9.17, 15) is 0 Å². The Morgan fingerprint density at radius 3 is 2.55 bits per heavy atom. The zero-order valence-electron chi connectivity index (χ0n) is 6.16. The summed E-state index contributed by atoms with van der Waals surface area (Å²) < 4.78 is 5.29. The molecule has 1 unspecified atom stereocenters. The Kier molecular flexibility index (Phi) is 3.60. The van der Waals surface area contributed by atoms with Crippen molar-refractivity contribution in [2.24, 2.45) is 0 Å². The van der Waals surface area contributed by atoms with Crippen molar-refractivity contribution in [2.75, 3.05) is 6.26 Å². The molecule has 0 spiro atoms. The summed E-state index contributed by atoms with van der Waals surface area (Å²) in [7, 11) is 0. The molecule has 0 bridgehead atoms. The molecule has 0 saturated heterocycles. The van der Waals surface area contributed by atoms with E-state index in [4.69, 9.17) is 16.3 Å². The SMILES string of the molecule is CSC(Cl)Oc1ccccc1. The minimum atomic E-state index is -0.294. The smallest absolute Gasteiger partial charge is 0.219 e. The monoisotopic (exact) mass is 188 g/mol. The third-order valence-corrected chi connectivity index (χ3v) is 2.25. The summed E-state index contributed by atoms with van der Waals surface area (Å²) in [4.78, 5) is -0.294. The van der Waals surface area contributed by atoms with Crippen molar-refractivity contribution in [3.05, 3.63) is 30.3 Å². The molecule has 0 aliphatic rings. The highest BCUT2D eigenvalue weighted by atomic mass is 35.5. The highest BCUT2D eigenvalue weighted by Gasteiger charge is 2.01. The second-order valence-corrected chi connectivity index (χ2v) is 3.50. The summed E-state index contributed by atoms with van der Waals surface area (Å²) in [6.07, 6.45) is 1.90. The van der Waals surface area contributed by atoms with E-state index >= 15 is 0 Å². The van der Waals surface area contributed by atoms with E-state index in [1.165, 1.54) is 11.8 Å².